The molecule has 0 aromatic heterocycles. The van der Waals surface area contributed by atoms with E-state index < -0.39 is 34.2 Å². The summed E-state index contributed by atoms with van der Waals surface area (Å²) in [6.07, 6.45) is -3.49. The number of nitrogens with zero attached hydrogens (tertiary/aromatic N) is 2. The molecule has 6 nitrogen and oxygen atoms in total. The maximum absolute atomic E-state index is 13.2. The van der Waals surface area contributed by atoms with Gasteiger partial charge in [0.25, 0.3) is 15.9 Å². The van der Waals surface area contributed by atoms with E-state index in [1.54, 1.807) is 18.2 Å². The predicted molar refractivity (Wildman–Crippen MR) is 120 cm³/mol. The first-order valence-corrected chi connectivity index (χ1v) is 11.2. The molecule has 172 valence electrons. The number of alkyl halides is 3. The number of carbonyl (C=O) groups excluding carboxylic acids is 1. The maximum atomic E-state index is 13.2. The van der Waals surface area contributed by atoms with Crippen molar-refractivity contribution in [1.82, 2.24) is 5.43 Å². The van der Waals surface area contributed by atoms with E-state index in [1.165, 1.54) is 48.5 Å². The number of hydrogen-bond donors (Lipinski definition) is 1. The summed E-state index contributed by atoms with van der Waals surface area (Å²) < 4.78 is 65.7. The van der Waals surface area contributed by atoms with E-state index in [4.69, 9.17) is 11.6 Å². The molecule has 0 unspecified atom stereocenters. The molecule has 0 aliphatic rings. The Bertz CT molecular complexity index is 1270. The van der Waals surface area contributed by atoms with Crippen LogP contribution in [0.25, 0.3) is 0 Å². The molecular weight excluding hydrogens is 479 g/mol. The third kappa shape index (κ3) is 6.11. The number of carbonyl (C=O) groups is 1. The van der Waals surface area contributed by atoms with Gasteiger partial charge in [-0.3, -0.25) is 9.10 Å². The Balaban J connectivity index is 1.82. The first-order valence-electron chi connectivity index (χ1n) is 9.40. The second-order valence-electron chi connectivity index (χ2n) is 6.69. The average molecular weight is 496 g/mol. The van der Waals surface area contributed by atoms with E-state index in [-0.39, 0.29) is 21.2 Å². The van der Waals surface area contributed by atoms with Crippen LogP contribution in [0.1, 0.15) is 11.1 Å². The number of hydrogen-bond acceptors (Lipinski definition) is 4. The minimum Gasteiger partial charge on any atom is -0.271 e. The van der Waals surface area contributed by atoms with Crippen LogP contribution in [0.5, 0.6) is 0 Å². The minimum atomic E-state index is -4.52. The van der Waals surface area contributed by atoms with Gasteiger partial charge in [-0.1, -0.05) is 54.1 Å². The van der Waals surface area contributed by atoms with Gasteiger partial charge in [-0.25, -0.2) is 13.8 Å². The van der Waals surface area contributed by atoms with Crippen molar-refractivity contribution in [2.24, 2.45) is 5.10 Å². The van der Waals surface area contributed by atoms with E-state index >= 15 is 0 Å². The summed E-state index contributed by atoms with van der Waals surface area (Å²) >= 11 is 6.17. The molecule has 0 fully saturated rings. The normalized spacial score (nSPS) is 12.0. The fraction of sp³-hybridized carbons (Fsp3) is 0.0909. The fourth-order valence-electron chi connectivity index (χ4n) is 2.81. The van der Waals surface area contributed by atoms with Crippen molar-refractivity contribution in [3.63, 3.8) is 0 Å². The number of para-hydroxylation sites is 1. The van der Waals surface area contributed by atoms with Gasteiger partial charge < -0.3 is 0 Å². The molecule has 11 heteroatoms. The van der Waals surface area contributed by atoms with Crippen LogP contribution in [0, 0.1) is 0 Å². The Morgan fingerprint density at radius 1 is 1.00 bits per heavy atom. The molecule has 3 aromatic carbocycles. The second kappa shape index (κ2) is 10.1. The highest BCUT2D eigenvalue weighted by molar-refractivity contribution is 7.92. The number of benzene rings is 3. The number of hydrazone groups is 1. The quantitative estimate of drug-likeness (QED) is 0.381. The number of anilines is 1. The van der Waals surface area contributed by atoms with Gasteiger partial charge in [0.15, 0.2) is 0 Å². The van der Waals surface area contributed by atoms with Crippen molar-refractivity contribution in [1.29, 1.82) is 0 Å². The van der Waals surface area contributed by atoms with E-state index in [9.17, 15) is 26.4 Å². The second-order valence-corrected chi connectivity index (χ2v) is 8.96. The first kappa shape index (κ1) is 24.3. The van der Waals surface area contributed by atoms with Crippen molar-refractivity contribution >= 4 is 39.4 Å². The Kier molecular flexibility index (Phi) is 7.39. The zero-order valence-electron chi connectivity index (χ0n) is 16.8. The molecule has 0 saturated carbocycles. The van der Waals surface area contributed by atoms with Gasteiger partial charge in [-0.15, -0.1) is 0 Å². The lowest BCUT2D eigenvalue weighted by molar-refractivity contribution is -0.137. The van der Waals surface area contributed by atoms with Gasteiger partial charge in [-0.05, 0) is 42.0 Å². The van der Waals surface area contributed by atoms with Crippen LogP contribution in [-0.2, 0) is 21.0 Å². The summed E-state index contributed by atoms with van der Waals surface area (Å²) in [5.74, 6) is -0.822. The zero-order valence-corrected chi connectivity index (χ0v) is 18.4. The van der Waals surface area contributed by atoms with Crippen LogP contribution in [0.15, 0.2) is 88.9 Å². The molecule has 1 amide bonds. The highest BCUT2D eigenvalue weighted by atomic mass is 35.5. The van der Waals surface area contributed by atoms with Crippen molar-refractivity contribution < 1.29 is 26.4 Å². The molecule has 0 spiro atoms. The molecule has 0 heterocycles. The summed E-state index contributed by atoms with van der Waals surface area (Å²) in [6.45, 7) is -0.666. The molecule has 0 saturated heterocycles. The fourth-order valence-corrected chi connectivity index (χ4v) is 4.56. The summed E-state index contributed by atoms with van der Waals surface area (Å²) in [4.78, 5) is 12.4. The Morgan fingerprint density at radius 2 is 1.67 bits per heavy atom. The number of sulfonamides is 1. The predicted octanol–water partition coefficient (Wildman–Crippen LogP) is 4.70. The molecule has 33 heavy (non-hydrogen) atoms. The monoisotopic (exact) mass is 495 g/mol. The Labute approximate surface area is 193 Å². The van der Waals surface area contributed by atoms with Crippen molar-refractivity contribution in [3.8, 4) is 0 Å². The highest BCUT2D eigenvalue weighted by Crippen LogP contribution is 2.30. The van der Waals surface area contributed by atoms with E-state index in [0.717, 1.165) is 22.7 Å². The van der Waals surface area contributed by atoms with Crippen LogP contribution in [0.2, 0.25) is 5.02 Å². The van der Waals surface area contributed by atoms with Crippen molar-refractivity contribution in [3.05, 3.63) is 95.0 Å². The number of nitrogens with one attached hydrogen (secondary N) is 1. The van der Waals surface area contributed by atoms with Gasteiger partial charge in [0.2, 0.25) is 0 Å². The summed E-state index contributed by atoms with van der Waals surface area (Å²) in [6, 6.07) is 17.9. The molecule has 0 aliphatic heterocycles. The largest absolute Gasteiger partial charge is 0.416 e. The van der Waals surface area contributed by atoms with Gasteiger partial charge in [0.1, 0.15) is 6.54 Å². The average Bonchev–Trinajstić information content (AvgIpc) is 2.78. The van der Waals surface area contributed by atoms with Crippen LogP contribution in [0.3, 0.4) is 0 Å². The number of rotatable bonds is 7. The topological polar surface area (TPSA) is 78.8 Å². The number of halogens is 4. The van der Waals surface area contributed by atoms with Crippen molar-refractivity contribution in [2.45, 2.75) is 11.1 Å². The van der Waals surface area contributed by atoms with E-state index in [2.05, 4.69) is 10.5 Å². The lowest BCUT2D eigenvalue weighted by Gasteiger charge is -2.24. The molecule has 0 atom stereocenters. The maximum Gasteiger partial charge on any atom is 0.416 e. The SMILES string of the molecule is O=C(CN(c1ccccc1Cl)S(=O)(=O)c1ccccc1)N/N=C\c1cccc(C(F)(F)F)c1. The smallest absolute Gasteiger partial charge is 0.271 e. The Morgan fingerprint density at radius 3 is 2.33 bits per heavy atom. The third-order valence-electron chi connectivity index (χ3n) is 4.36. The minimum absolute atomic E-state index is 0.0508. The van der Waals surface area contributed by atoms with Gasteiger partial charge in [-0.2, -0.15) is 18.3 Å². The molecule has 3 rings (SSSR count). The Hall–Kier alpha value is -3.37. The van der Waals surface area contributed by atoms with Gasteiger partial charge in [0.05, 0.1) is 27.4 Å². The summed E-state index contributed by atoms with van der Waals surface area (Å²) in [7, 11) is -4.16. The molecule has 0 bridgehead atoms. The zero-order chi connectivity index (χ0) is 24.1. The standard InChI is InChI=1S/C22H17ClF3N3O3S/c23-19-11-4-5-12-20(19)29(33(31,32)18-9-2-1-3-10-18)15-21(30)28-27-14-16-7-6-8-17(13-16)22(24,25)26/h1-14H,15H2,(H,28,30)/b27-14-. The number of amides is 1. The van der Waals surface area contributed by atoms with Crippen LogP contribution in [-0.4, -0.2) is 27.1 Å². The summed E-state index contributed by atoms with van der Waals surface area (Å²) in [5, 5.41) is 3.75. The lowest BCUT2D eigenvalue weighted by Crippen LogP contribution is -2.39. The van der Waals surface area contributed by atoms with Crippen molar-refractivity contribution in [2.75, 3.05) is 10.8 Å². The first-order chi connectivity index (χ1) is 15.6. The van der Waals surface area contributed by atoms with Gasteiger partial charge in [0, 0.05) is 0 Å². The molecular formula is C22H17ClF3N3O3S. The molecule has 0 aliphatic carbocycles. The van der Waals surface area contributed by atoms with Crippen LogP contribution >= 0.6 is 11.6 Å². The van der Waals surface area contributed by atoms with E-state index in [0.29, 0.717) is 0 Å². The molecule has 3 aromatic rings. The summed E-state index contributed by atoms with van der Waals surface area (Å²) in [5.41, 5.74) is 1.45. The molecule has 1 N–H and O–H groups in total. The van der Waals surface area contributed by atoms with Crippen LogP contribution in [0.4, 0.5) is 18.9 Å². The van der Waals surface area contributed by atoms with E-state index in [1.807, 2.05) is 0 Å². The lowest BCUT2D eigenvalue weighted by atomic mass is 10.1. The van der Waals surface area contributed by atoms with Gasteiger partial charge >= 0.3 is 6.18 Å². The molecule has 0 radical (unpaired) electrons. The third-order valence-corrected chi connectivity index (χ3v) is 6.45. The van der Waals surface area contributed by atoms with Crippen LogP contribution < -0.4 is 9.73 Å². The highest BCUT2D eigenvalue weighted by Gasteiger charge is 2.30.